The van der Waals surface area contributed by atoms with E-state index in [1.54, 1.807) is 37.3 Å². The number of hydrogen-bond acceptors (Lipinski definition) is 3. The summed E-state index contributed by atoms with van der Waals surface area (Å²) in [4.78, 5) is 11.5. The number of nitrogens with zero attached hydrogens (tertiary/aromatic N) is 1. The minimum Gasteiger partial charge on any atom is -0.399 e. The van der Waals surface area contributed by atoms with Gasteiger partial charge in [0, 0.05) is 25.3 Å². The van der Waals surface area contributed by atoms with Gasteiger partial charge in [0.05, 0.1) is 0 Å². The summed E-state index contributed by atoms with van der Waals surface area (Å²) in [5.41, 5.74) is 10.5. The number of hydrogen-bond donors (Lipinski definition) is 2. The summed E-state index contributed by atoms with van der Waals surface area (Å²) in [6.45, 7) is 1.88. The number of nitrogen functional groups attached to an aromatic ring is 1. The average Bonchev–Trinajstić information content (AvgIpc) is 2.08. The minimum atomic E-state index is -0.127. The molecule has 0 unspecified atom stereocenters. The maximum Gasteiger partial charge on any atom is 0.265 e. The SMILES string of the molecule is Cc1cc(C(=O)NN(C)C)ccc1N. The Morgan fingerprint density at radius 1 is 1.43 bits per heavy atom. The van der Waals surface area contributed by atoms with Gasteiger partial charge in [0.1, 0.15) is 0 Å². The Bertz CT molecular complexity index is 347. The van der Waals surface area contributed by atoms with Crippen LogP contribution >= 0.6 is 0 Å². The third kappa shape index (κ3) is 2.47. The predicted octanol–water partition coefficient (Wildman–Crippen LogP) is 0.784. The first-order chi connectivity index (χ1) is 6.50. The van der Waals surface area contributed by atoms with Crippen LogP contribution in [0.5, 0.6) is 0 Å². The van der Waals surface area contributed by atoms with Gasteiger partial charge >= 0.3 is 0 Å². The van der Waals surface area contributed by atoms with Gasteiger partial charge in [-0.25, -0.2) is 5.01 Å². The normalized spacial score (nSPS) is 10.3. The van der Waals surface area contributed by atoms with E-state index < -0.39 is 0 Å². The van der Waals surface area contributed by atoms with E-state index in [1.165, 1.54) is 0 Å². The third-order valence-electron chi connectivity index (χ3n) is 1.86. The zero-order valence-electron chi connectivity index (χ0n) is 8.66. The van der Waals surface area contributed by atoms with Crippen molar-refractivity contribution in [2.45, 2.75) is 6.92 Å². The molecule has 0 fully saturated rings. The van der Waals surface area contributed by atoms with Gasteiger partial charge in [0.2, 0.25) is 0 Å². The highest BCUT2D eigenvalue weighted by atomic mass is 16.2. The van der Waals surface area contributed by atoms with Crippen LogP contribution in [0, 0.1) is 6.92 Å². The smallest absolute Gasteiger partial charge is 0.265 e. The highest BCUT2D eigenvalue weighted by molar-refractivity contribution is 5.94. The van der Waals surface area contributed by atoms with E-state index in [0.29, 0.717) is 11.3 Å². The number of amides is 1. The van der Waals surface area contributed by atoms with E-state index in [0.717, 1.165) is 5.56 Å². The zero-order chi connectivity index (χ0) is 10.7. The monoisotopic (exact) mass is 193 g/mol. The highest BCUT2D eigenvalue weighted by Gasteiger charge is 2.06. The number of rotatable bonds is 2. The van der Waals surface area contributed by atoms with E-state index in [-0.39, 0.29) is 5.91 Å². The van der Waals surface area contributed by atoms with Crippen LogP contribution in [0.15, 0.2) is 18.2 Å². The number of carbonyl (C=O) groups excluding carboxylic acids is 1. The Morgan fingerprint density at radius 3 is 2.57 bits per heavy atom. The van der Waals surface area contributed by atoms with Crippen molar-refractivity contribution in [1.29, 1.82) is 0 Å². The predicted molar refractivity (Wildman–Crippen MR) is 56.7 cm³/mol. The van der Waals surface area contributed by atoms with Crippen LogP contribution in [-0.4, -0.2) is 25.0 Å². The largest absolute Gasteiger partial charge is 0.399 e. The molecule has 0 aromatic heterocycles. The molecule has 4 heteroatoms. The molecule has 1 aromatic rings. The summed E-state index contributed by atoms with van der Waals surface area (Å²) < 4.78 is 0. The van der Waals surface area contributed by atoms with Gasteiger partial charge in [0.15, 0.2) is 0 Å². The topological polar surface area (TPSA) is 58.4 Å². The van der Waals surface area contributed by atoms with Gasteiger partial charge in [-0.05, 0) is 30.7 Å². The van der Waals surface area contributed by atoms with Crippen LogP contribution in [0.1, 0.15) is 15.9 Å². The lowest BCUT2D eigenvalue weighted by Gasteiger charge is -2.12. The summed E-state index contributed by atoms with van der Waals surface area (Å²) in [5.74, 6) is -0.127. The number of anilines is 1. The first-order valence-corrected chi connectivity index (χ1v) is 4.35. The molecule has 0 aliphatic carbocycles. The Labute approximate surface area is 83.7 Å². The lowest BCUT2D eigenvalue weighted by Crippen LogP contribution is -2.36. The summed E-state index contributed by atoms with van der Waals surface area (Å²) in [5, 5.41) is 1.61. The van der Waals surface area contributed by atoms with Crippen molar-refractivity contribution in [2.24, 2.45) is 0 Å². The number of nitrogens with one attached hydrogen (secondary N) is 1. The van der Waals surface area contributed by atoms with Gasteiger partial charge in [0.25, 0.3) is 5.91 Å². The van der Waals surface area contributed by atoms with Crippen LogP contribution in [0.25, 0.3) is 0 Å². The van der Waals surface area contributed by atoms with Crippen LogP contribution < -0.4 is 11.2 Å². The highest BCUT2D eigenvalue weighted by Crippen LogP contribution is 2.12. The molecule has 0 saturated heterocycles. The molecule has 4 nitrogen and oxygen atoms in total. The summed E-state index contributed by atoms with van der Waals surface area (Å²) >= 11 is 0. The molecule has 0 radical (unpaired) electrons. The molecule has 0 bridgehead atoms. The third-order valence-corrected chi connectivity index (χ3v) is 1.86. The summed E-state index contributed by atoms with van der Waals surface area (Å²) in [7, 11) is 3.53. The second-order valence-corrected chi connectivity index (χ2v) is 3.41. The second-order valence-electron chi connectivity index (χ2n) is 3.41. The van der Waals surface area contributed by atoms with Crippen molar-refractivity contribution in [3.8, 4) is 0 Å². The van der Waals surface area contributed by atoms with Crippen molar-refractivity contribution in [1.82, 2.24) is 10.4 Å². The fraction of sp³-hybridized carbons (Fsp3) is 0.300. The first kappa shape index (κ1) is 10.5. The molecule has 14 heavy (non-hydrogen) atoms. The molecule has 0 spiro atoms. The molecule has 1 rings (SSSR count). The first-order valence-electron chi connectivity index (χ1n) is 4.35. The minimum absolute atomic E-state index is 0.127. The van der Waals surface area contributed by atoms with E-state index in [9.17, 15) is 4.79 Å². The van der Waals surface area contributed by atoms with Crippen molar-refractivity contribution < 1.29 is 4.79 Å². The lowest BCUT2D eigenvalue weighted by atomic mass is 10.1. The van der Waals surface area contributed by atoms with Crippen molar-refractivity contribution in [3.05, 3.63) is 29.3 Å². The van der Waals surface area contributed by atoms with Crippen LogP contribution in [0.3, 0.4) is 0 Å². The Morgan fingerprint density at radius 2 is 2.07 bits per heavy atom. The summed E-state index contributed by atoms with van der Waals surface area (Å²) in [6, 6.07) is 5.22. The van der Waals surface area contributed by atoms with Crippen molar-refractivity contribution in [3.63, 3.8) is 0 Å². The molecular weight excluding hydrogens is 178 g/mol. The van der Waals surface area contributed by atoms with Gasteiger partial charge in [-0.3, -0.25) is 10.2 Å². The van der Waals surface area contributed by atoms with E-state index in [4.69, 9.17) is 5.73 Å². The van der Waals surface area contributed by atoms with Gasteiger partial charge in [-0.15, -0.1) is 0 Å². The standard InChI is InChI=1S/C10H15N3O/c1-7-6-8(4-5-9(7)11)10(14)12-13(2)3/h4-6H,11H2,1-3H3,(H,12,14). The molecule has 0 aliphatic rings. The average molecular weight is 193 g/mol. The molecule has 3 N–H and O–H groups in total. The molecular formula is C10H15N3O. The fourth-order valence-corrected chi connectivity index (χ4v) is 1.08. The molecule has 0 heterocycles. The number of nitrogens with two attached hydrogens (primary N) is 1. The maximum absolute atomic E-state index is 11.5. The molecule has 0 aliphatic heterocycles. The van der Waals surface area contributed by atoms with Crippen LogP contribution in [-0.2, 0) is 0 Å². The Balaban J connectivity index is 2.86. The van der Waals surface area contributed by atoms with E-state index in [1.807, 2.05) is 6.92 Å². The van der Waals surface area contributed by atoms with Crippen LogP contribution in [0.2, 0.25) is 0 Å². The van der Waals surface area contributed by atoms with Crippen LogP contribution in [0.4, 0.5) is 5.69 Å². The van der Waals surface area contributed by atoms with Crippen molar-refractivity contribution >= 4 is 11.6 Å². The molecule has 1 aromatic carbocycles. The Hall–Kier alpha value is -1.55. The quantitative estimate of drug-likeness (QED) is 0.539. The summed E-state index contributed by atoms with van der Waals surface area (Å²) in [6.07, 6.45) is 0. The Kier molecular flexibility index (Phi) is 3.09. The lowest BCUT2D eigenvalue weighted by molar-refractivity contribution is 0.0857. The molecule has 0 saturated carbocycles. The molecule has 1 amide bonds. The van der Waals surface area contributed by atoms with E-state index >= 15 is 0 Å². The molecule has 76 valence electrons. The maximum atomic E-state index is 11.5. The number of hydrazine groups is 1. The van der Waals surface area contributed by atoms with Gasteiger partial charge in [-0.1, -0.05) is 0 Å². The fourth-order valence-electron chi connectivity index (χ4n) is 1.08. The zero-order valence-corrected chi connectivity index (χ0v) is 8.66. The van der Waals surface area contributed by atoms with Gasteiger partial charge in [-0.2, -0.15) is 0 Å². The van der Waals surface area contributed by atoms with Gasteiger partial charge < -0.3 is 5.73 Å². The van der Waals surface area contributed by atoms with E-state index in [2.05, 4.69) is 5.43 Å². The van der Waals surface area contributed by atoms with Crippen molar-refractivity contribution in [2.75, 3.05) is 19.8 Å². The number of carbonyl (C=O) groups is 1. The number of aryl methyl sites for hydroxylation is 1. The second kappa shape index (κ2) is 4.11. The molecule has 0 atom stereocenters. The number of benzene rings is 1.